The van der Waals surface area contributed by atoms with Crippen molar-refractivity contribution in [1.29, 1.82) is 0 Å². The molecule has 1 fully saturated rings. The van der Waals surface area contributed by atoms with Crippen molar-refractivity contribution in [3.63, 3.8) is 0 Å². The van der Waals surface area contributed by atoms with Gasteiger partial charge in [-0.1, -0.05) is 42.8 Å². The zero-order chi connectivity index (χ0) is 26.5. The molecule has 2 aromatic carbocycles. The van der Waals surface area contributed by atoms with Crippen LogP contribution in [0.1, 0.15) is 38.2 Å². The maximum Gasteiger partial charge on any atom is 0.264 e. The zero-order valence-electron chi connectivity index (χ0n) is 20.8. The minimum absolute atomic E-state index is 0.0356. The van der Waals surface area contributed by atoms with Crippen LogP contribution in [0.25, 0.3) is 0 Å². The molecule has 0 radical (unpaired) electrons. The lowest BCUT2D eigenvalue weighted by Crippen LogP contribution is -2.35. The summed E-state index contributed by atoms with van der Waals surface area (Å²) in [7, 11) is -7.34. The van der Waals surface area contributed by atoms with E-state index in [9.17, 15) is 16.8 Å². The number of nitrogens with one attached hydrogen (secondary N) is 2. The molecule has 0 unspecified atom stereocenters. The van der Waals surface area contributed by atoms with Crippen LogP contribution in [-0.4, -0.2) is 50.7 Å². The molecule has 3 aromatic rings. The number of anilines is 2. The topological polar surface area (TPSA) is 121 Å². The minimum Gasteiger partial charge on any atom is -0.369 e. The van der Waals surface area contributed by atoms with Crippen LogP contribution < -0.4 is 10.0 Å². The van der Waals surface area contributed by atoms with Gasteiger partial charge in [0.05, 0.1) is 14.7 Å². The number of benzene rings is 2. The van der Waals surface area contributed by atoms with E-state index in [2.05, 4.69) is 20.0 Å². The molecule has 0 spiro atoms. The lowest BCUT2D eigenvalue weighted by atomic mass is 10.2. The van der Waals surface area contributed by atoms with Gasteiger partial charge in [0, 0.05) is 30.7 Å². The first kappa shape index (κ1) is 27.4. The maximum atomic E-state index is 12.9. The molecule has 0 saturated carbocycles. The van der Waals surface area contributed by atoms with Gasteiger partial charge in [-0.3, -0.25) is 0 Å². The summed E-state index contributed by atoms with van der Waals surface area (Å²) >= 11 is 1.37. The second kappa shape index (κ2) is 11.8. The Hall–Kier alpha value is -2.67. The van der Waals surface area contributed by atoms with Crippen LogP contribution in [0.2, 0.25) is 0 Å². The largest absolute Gasteiger partial charge is 0.369 e. The highest BCUT2D eigenvalue weighted by atomic mass is 32.2. The number of aromatic nitrogens is 2. The smallest absolute Gasteiger partial charge is 0.264 e. The first-order valence-corrected chi connectivity index (χ1v) is 15.9. The Morgan fingerprint density at radius 2 is 1.57 bits per heavy atom. The Labute approximate surface area is 223 Å². The summed E-state index contributed by atoms with van der Waals surface area (Å²) in [6.07, 6.45) is 5.24. The van der Waals surface area contributed by atoms with Crippen LogP contribution in [0.5, 0.6) is 0 Å². The standard InChI is InChI=1S/C25H31N5O4S3/c1-3-15-26-24-23(18-27-25(28-24)29-36(31,32)21-11-7-19(2)8-12-21)35-20-9-13-22(14-10-20)37(33,34)30-16-5-4-6-17-30/h7-14,18H,3-6,15-17H2,1-2H3,(H2,26,27,28,29). The van der Waals surface area contributed by atoms with Crippen LogP contribution in [0.3, 0.4) is 0 Å². The molecule has 37 heavy (non-hydrogen) atoms. The van der Waals surface area contributed by atoms with Gasteiger partial charge in [-0.15, -0.1) is 0 Å². The van der Waals surface area contributed by atoms with Crippen LogP contribution in [0.4, 0.5) is 11.8 Å². The molecular weight excluding hydrogens is 531 g/mol. The van der Waals surface area contributed by atoms with E-state index in [0.717, 1.165) is 36.1 Å². The van der Waals surface area contributed by atoms with Gasteiger partial charge in [-0.2, -0.15) is 9.29 Å². The van der Waals surface area contributed by atoms with E-state index >= 15 is 0 Å². The lowest BCUT2D eigenvalue weighted by molar-refractivity contribution is 0.346. The molecule has 0 amide bonds. The lowest BCUT2D eigenvalue weighted by Gasteiger charge is -2.25. The minimum atomic E-state index is -3.84. The van der Waals surface area contributed by atoms with Gasteiger partial charge in [-0.25, -0.2) is 26.5 Å². The third kappa shape index (κ3) is 6.81. The predicted octanol–water partition coefficient (Wildman–Crippen LogP) is 4.73. The average molecular weight is 562 g/mol. The molecule has 0 aliphatic carbocycles. The molecule has 198 valence electrons. The van der Waals surface area contributed by atoms with Crippen LogP contribution >= 0.6 is 11.8 Å². The normalized spacial score (nSPS) is 14.9. The molecule has 0 atom stereocenters. The number of nitrogens with zero attached hydrogens (tertiary/aromatic N) is 3. The molecule has 1 aliphatic heterocycles. The van der Waals surface area contributed by atoms with Gasteiger partial charge in [0.2, 0.25) is 16.0 Å². The van der Waals surface area contributed by atoms with Crippen molar-refractivity contribution in [3.05, 3.63) is 60.3 Å². The van der Waals surface area contributed by atoms with Crippen LogP contribution in [-0.2, 0) is 20.0 Å². The predicted molar refractivity (Wildman–Crippen MR) is 146 cm³/mol. The molecule has 1 aliphatic rings. The molecule has 1 aromatic heterocycles. The van der Waals surface area contributed by atoms with Gasteiger partial charge in [0.15, 0.2) is 0 Å². The average Bonchev–Trinajstić information content (AvgIpc) is 2.89. The third-order valence-electron chi connectivity index (χ3n) is 5.86. The van der Waals surface area contributed by atoms with Crippen molar-refractivity contribution in [2.24, 2.45) is 0 Å². The third-order valence-corrected chi connectivity index (χ3v) is 10.1. The number of sulfonamides is 2. The maximum absolute atomic E-state index is 12.9. The van der Waals surface area contributed by atoms with Crippen molar-refractivity contribution in [2.75, 3.05) is 29.7 Å². The monoisotopic (exact) mass is 561 g/mol. The highest BCUT2D eigenvalue weighted by Crippen LogP contribution is 2.34. The number of rotatable bonds is 10. The summed E-state index contributed by atoms with van der Waals surface area (Å²) in [6, 6.07) is 13.3. The van der Waals surface area contributed by atoms with Crippen LogP contribution in [0, 0.1) is 6.92 Å². The van der Waals surface area contributed by atoms with Gasteiger partial charge < -0.3 is 5.32 Å². The number of hydrogen-bond donors (Lipinski definition) is 2. The van der Waals surface area contributed by atoms with E-state index in [1.54, 1.807) is 46.9 Å². The number of aryl methyl sites for hydroxylation is 1. The van der Waals surface area contributed by atoms with Crippen molar-refractivity contribution >= 4 is 43.6 Å². The molecule has 12 heteroatoms. The fourth-order valence-corrected chi connectivity index (χ4v) is 7.14. The Morgan fingerprint density at radius 3 is 2.22 bits per heavy atom. The van der Waals surface area contributed by atoms with Gasteiger partial charge in [0.25, 0.3) is 10.0 Å². The Balaban J connectivity index is 1.53. The van der Waals surface area contributed by atoms with Gasteiger partial charge >= 0.3 is 0 Å². The summed E-state index contributed by atoms with van der Waals surface area (Å²) in [4.78, 5) is 10.6. The second-order valence-electron chi connectivity index (χ2n) is 8.79. The zero-order valence-corrected chi connectivity index (χ0v) is 23.3. The van der Waals surface area contributed by atoms with E-state index < -0.39 is 20.0 Å². The molecule has 4 rings (SSSR count). The molecule has 2 heterocycles. The number of piperidine rings is 1. The Kier molecular flexibility index (Phi) is 8.73. The van der Waals surface area contributed by atoms with E-state index in [1.807, 2.05) is 13.8 Å². The Morgan fingerprint density at radius 1 is 0.919 bits per heavy atom. The van der Waals surface area contributed by atoms with Crippen LogP contribution in [0.15, 0.2) is 74.3 Å². The van der Waals surface area contributed by atoms with E-state index in [1.165, 1.54) is 23.9 Å². The SMILES string of the molecule is CCCNc1nc(NS(=O)(=O)c2ccc(C)cc2)ncc1Sc1ccc(S(=O)(=O)N2CCCCC2)cc1. The summed E-state index contributed by atoms with van der Waals surface area (Å²) < 4.78 is 55.4. The van der Waals surface area contributed by atoms with Crippen molar-refractivity contribution in [2.45, 2.75) is 59.1 Å². The van der Waals surface area contributed by atoms with E-state index in [4.69, 9.17) is 0 Å². The van der Waals surface area contributed by atoms with Gasteiger partial charge in [-0.05, 0) is 62.6 Å². The highest BCUT2D eigenvalue weighted by Gasteiger charge is 2.26. The summed E-state index contributed by atoms with van der Waals surface area (Å²) in [5.41, 5.74) is 0.958. The van der Waals surface area contributed by atoms with Crippen molar-refractivity contribution in [3.8, 4) is 0 Å². The number of hydrogen-bond acceptors (Lipinski definition) is 8. The highest BCUT2D eigenvalue weighted by molar-refractivity contribution is 7.99. The Bertz CT molecular complexity index is 1420. The first-order chi connectivity index (χ1) is 17.7. The molecule has 0 bridgehead atoms. The summed E-state index contributed by atoms with van der Waals surface area (Å²) in [6.45, 7) is 5.66. The fourth-order valence-electron chi connectivity index (χ4n) is 3.82. The van der Waals surface area contributed by atoms with Crippen molar-refractivity contribution < 1.29 is 16.8 Å². The quantitative estimate of drug-likeness (QED) is 0.364. The van der Waals surface area contributed by atoms with E-state index in [0.29, 0.717) is 30.3 Å². The molecular formula is C25H31N5O4S3. The van der Waals surface area contributed by atoms with Gasteiger partial charge in [0.1, 0.15) is 5.82 Å². The molecule has 2 N–H and O–H groups in total. The summed E-state index contributed by atoms with van der Waals surface area (Å²) in [5, 5.41) is 3.23. The first-order valence-electron chi connectivity index (χ1n) is 12.2. The molecule has 1 saturated heterocycles. The second-order valence-corrected chi connectivity index (χ2v) is 13.5. The van der Waals surface area contributed by atoms with E-state index in [-0.39, 0.29) is 15.7 Å². The molecule has 9 nitrogen and oxygen atoms in total. The van der Waals surface area contributed by atoms with Crippen molar-refractivity contribution in [1.82, 2.24) is 14.3 Å². The fraction of sp³-hybridized carbons (Fsp3) is 0.360. The summed E-state index contributed by atoms with van der Waals surface area (Å²) in [5.74, 6) is 0.458.